The highest BCUT2D eigenvalue weighted by atomic mass is 14.1. The first-order valence-corrected chi connectivity index (χ1v) is 16.9. The number of rotatable bonds is 29. The van der Waals surface area contributed by atoms with E-state index in [1.165, 1.54) is 180 Å². The van der Waals surface area contributed by atoms with E-state index in [1.54, 1.807) is 0 Å². The first kappa shape index (κ1) is 34.7. The second kappa shape index (κ2) is 30.0. The van der Waals surface area contributed by atoms with Crippen LogP contribution in [0.2, 0.25) is 0 Å². The van der Waals surface area contributed by atoms with Gasteiger partial charge in [0.2, 0.25) is 0 Å². The Labute approximate surface area is 224 Å². The summed E-state index contributed by atoms with van der Waals surface area (Å²) >= 11 is 0. The summed E-state index contributed by atoms with van der Waals surface area (Å²) in [6.07, 6.45) is 42.8. The van der Waals surface area contributed by atoms with E-state index in [0.29, 0.717) is 0 Å². The normalized spacial score (nSPS) is 13.0. The van der Waals surface area contributed by atoms with Crippen molar-refractivity contribution in [2.24, 2.45) is 5.92 Å². The third-order valence-corrected chi connectivity index (χ3v) is 8.00. The van der Waals surface area contributed by atoms with Gasteiger partial charge in [-0.25, -0.2) is 0 Å². The standard InChI is InChI=1S/C35H70/c1-5-8-11-14-17-20-23-26-29-32-35(31-28-25-22-19-16-13-10-7-3)33-34(4)30-27-24-21-18-15-12-9-6-2/h32,34H,5-31,33H2,1-4H3/b35-32+. The van der Waals surface area contributed by atoms with Gasteiger partial charge in [-0.1, -0.05) is 187 Å². The summed E-state index contributed by atoms with van der Waals surface area (Å²) in [4.78, 5) is 0. The Hall–Kier alpha value is -0.260. The number of allylic oxidation sites excluding steroid dienone is 2. The van der Waals surface area contributed by atoms with E-state index in [0.717, 1.165) is 5.92 Å². The Morgan fingerprint density at radius 1 is 0.457 bits per heavy atom. The van der Waals surface area contributed by atoms with E-state index >= 15 is 0 Å². The van der Waals surface area contributed by atoms with Gasteiger partial charge < -0.3 is 0 Å². The molecule has 0 aromatic heterocycles. The minimum Gasteiger partial charge on any atom is -0.0853 e. The van der Waals surface area contributed by atoms with Crippen LogP contribution in [0.1, 0.15) is 207 Å². The molecule has 0 aliphatic rings. The molecule has 0 saturated carbocycles. The highest BCUT2D eigenvalue weighted by Gasteiger charge is 2.07. The zero-order chi connectivity index (χ0) is 25.7. The van der Waals surface area contributed by atoms with Crippen LogP contribution in [-0.4, -0.2) is 0 Å². The average Bonchev–Trinajstić information content (AvgIpc) is 2.86. The van der Waals surface area contributed by atoms with Gasteiger partial charge in [-0.05, 0) is 38.0 Å². The Morgan fingerprint density at radius 2 is 0.829 bits per heavy atom. The van der Waals surface area contributed by atoms with E-state index in [9.17, 15) is 0 Å². The summed E-state index contributed by atoms with van der Waals surface area (Å²) in [6, 6.07) is 0. The number of hydrogen-bond donors (Lipinski definition) is 0. The molecule has 0 spiro atoms. The molecule has 0 aliphatic heterocycles. The molecule has 0 N–H and O–H groups in total. The molecule has 0 aliphatic carbocycles. The van der Waals surface area contributed by atoms with Gasteiger partial charge in [-0.15, -0.1) is 0 Å². The molecule has 35 heavy (non-hydrogen) atoms. The Balaban J connectivity index is 4.13. The summed E-state index contributed by atoms with van der Waals surface area (Å²) in [6.45, 7) is 9.47. The second-order valence-corrected chi connectivity index (χ2v) is 11.9. The molecule has 0 nitrogen and oxygen atoms in total. The summed E-state index contributed by atoms with van der Waals surface area (Å²) in [5.41, 5.74) is 1.81. The Bertz CT molecular complexity index is 406. The van der Waals surface area contributed by atoms with E-state index in [-0.39, 0.29) is 0 Å². The topological polar surface area (TPSA) is 0 Å². The largest absolute Gasteiger partial charge is 0.0853 e. The van der Waals surface area contributed by atoms with Crippen LogP contribution in [0.3, 0.4) is 0 Å². The third-order valence-electron chi connectivity index (χ3n) is 8.00. The lowest BCUT2D eigenvalue weighted by atomic mass is 9.91. The second-order valence-electron chi connectivity index (χ2n) is 11.9. The van der Waals surface area contributed by atoms with Crippen molar-refractivity contribution in [1.82, 2.24) is 0 Å². The van der Waals surface area contributed by atoms with Crippen molar-refractivity contribution in [2.45, 2.75) is 207 Å². The third kappa shape index (κ3) is 28.2. The zero-order valence-electron chi connectivity index (χ0n) is 25.5. The Kier molecular flexibility index (Phi) is 29.7. The molecule has 0 rings (SSSR count). The molecule has 1 unspecified atom stereocenters. The number of hydrogen-bond acceptors (Lipinski definition) is 0. The van der Waals surface area contributed by atoms with Gasteiger partial charge in [0.25, 0.3) is 0 Å². The fraction of sp³-hybridized carbons (Fsp3) is 0.943. The fourth-order valence-electron chi connectivity index (χ4n) is 5.53. The van der Waals surface area contributed by atoms with E-state index in [1.807, 2.05) is 5.57 Å². The summed E-state index contributed by atoms with van der Waals surface area (Å²) in [5.74, 6) is 0.883. The van der Waals surface area contributed by atoms with Crippen LogP contribution in [-0.2, 0) is 0 Å². The van der Waals surface area contributed by atoms with E-state index < -0.39 is 0 Å². The maximum Gasteiger partial charge on any atom is -0.0294 e. The van der Waals surface area contributed by atoms with Crippen LogP contribution >= 0.6 is 0 Å². The first-order valence-electron chi connectivity index (χ1n) is 16.9. The minimum atomic E-state index is 0.883. The summed E-state index contributed by atoms with van der Waals surface area (Å²) in [7, 11) is 0. The van der Waals surface area contributed by atoms with Crippen LogP contribution in [0.5, 0.6) is 0 Å². The van der Waals surface area contributed by atoms with Crippen molar-refractivity contribution in [3.05, 3.63) is 11.6 Å². The molecule has 0 aromatic carbocycles. The van der Waals surface area contributed by atoms with Crippen LogP contribution in [0, 0.1) is 5.92 Å². The predicted molar refractivity (Wildman–Crippen MR) is 164 cm³/mol. The number of unbranched alkanes of at least 4 members (excludes halogenated alkanes) is 22. The van der Waals surface area contributed by atoms with Crippen molar-refractivity contribution in [2.75, 3.05) is 0 Å². The van der Waals surface area contributed by atoms with Crippen molar-refractivity contribution in [1.29, 1.82) is 0 Å². The Morgan fingerprint density at radius 3 is 1.29 bits per heavy atom. The van der Waals surface area contributed by atoms with Gasteiger partial charge in [0.15, 0.2) is 0 Å². The summed E-state index contributed by atoms with van der Waals surface area (Å²) in [5, 5.41) is 0. The van der Waals surface area contributed by atoms with Gasteiger partial charge in [0.05, 0.1) is 0 Å². The minimum absolute atomic E-state index is 0.883. The van der Waals surface area contributed by atoms with Crippen molar-refractivity contribution >= 4 is 0 Å². The molecular formula is C35H70. The SMILES string of the molecule is CCCCCCCCCC/C=C(\CCCCCCCCCC)CC(C)CCCCCCCCCC. The van der Waals surface area contributed by atoms with Crippen LogP contribution < -0.4 is 0 Å². The van der Waals surface area contributed by atoms with E-state index in [2.05, 4.69) is 33.8 Å². The van der Waals surface area contributed by atoms with Gasteiger partial charge in [-0.3, -0.25) is 0 Å². The molecule has 210 valence electrons. The van der Waals surface area contributed by atoms with Gasteiger partial charge in [0.1, 0.15) is 0 Å². The average molecular weight is 491 g/mol. The monoisotopic (exact) mass is 491 g/mol. The molecular weight excluding hydrogens is 420 g/mol. The van der Waals surface area contributed by atoms with Gasteiger partial charge in [-0.2, -0.15) is 0 Å². The van der Waals surface area contributed by atoms with Crippen LogP contribution in [0.15, 0.2) is 11.6 Å². The molecule has 0 fully saturated rings. The first-order chi connectivity index (χ1) is 17.2. The lowest BCUT2D eigenvalue weighted by molar-refractivity contribution is 0.469. The van der Waals surface area contributed by atoms with Gasteiger partial charge in [0, 0.05) is 0 Å². The quantitative estimate of drug-likeness (QED) is 0.0722. The highest BCUT2D eigenvalue weighted by molar-refractivity contribution is 5.03. The van der Waals surface area contributed by atoms with Crippen LogP contribution in [0.25, 0.3) is 0 Å². The zero-order valence-corrected chi connectivity index (χ0v) is 25.5. The molecule has 0 amide bonds. The molecule has 0 saturated heterocycles. The summed E-state index contributed by atoms with van der Waals surface area (Å²) < 4.78 is 0. The maximum absolute atomic E-state index is 2.68. The molecule has 1 atom stereocenters. The van der Waals surface area contributed by atoms with Crippen molar-refractivity contribution < 1.29 is 0 Å². The van der Waals surface area contributed by atoms with Crippen LogP contribution in [0.4, 0.5) is 0 Å². The molecule has 0 heteroatoms. The molecule has 0 heterocycles. The lowest BCUT2D eigenvalue weighted by Crippen LogP contribution is -1.99. The molecule has 0 radical (unpaired) electrons. The molecule has 0 aromatic rings. The fourth-order valence-corrected chi connectivity index (χ4v) is 5.53. The van der Waals surface area contributed by atoms with E-state index in [4.69, 9.17) is 0 Å². The maximum atomic E-state index is 2.68. The van der Waals surface area contributed by atoms with Gasteiger partial charge >= 0.3 is 0 Å². The highest BCUT2D eigenvalue weighted by Crippen LogP contribution is 2.24. The smallest absolute Gasteiger partial charge is 0.0294 e. The predicted octanol–water partition coefficient (Wildman–Crippen LogP) is 13.5. The lowest BCUT2D eigenvalue weighted by Gasteiger charge is -2.15. The molecule has 0 bridgehead atoms. The van der Waals surface area contributed by atoms with Crippen molar-refractivity contribution in [3.63, 3.8) is 0 Å². The van der Waals surface area contributed by atoms with Crippen molar-refractivity contribution in [3.8, 4) is 0 Å².